The van der Waals surface area contributed by atoms with Crippen LogP contribution in [0.5, 0.6) is 0 Å². The Morgan fingerprint density at radius 1 is 0.879 bits per heavy atom. The highest BCUT2D eigenvalue weighted by Crippen LogP contribution is 2.68. The zero-order valence-electron chi connectivity index (χ0n) is 29.1. The Bertz CT molecular complexity index is 2710. The molecule has 10 nitrogen and oxygen atoms in total. The summed E-state index contributed by atoms with van der Waals surface area (Å²) in [6.07, 6.45) is -5.77. The second-order valence-electron chi connectivity index (χ2n) is 13.8. The van der Waals surface area contributed by atoms with Crippen LogP contribution in [0.15, 0.2) is 60.7 Å². The van der Waals surface area contributed by atoms with Crippen molar-refractivity contribution >= 4 is 39.4 Å². The van der Waals surface area contributed by atoms with Crippen molar-refractivity contribution in [3.05, 3.63) is 123 Å². The van der Waals surface area contributed by atoms with Crippen LogP contribution >= 0.6 is 11.3 Å². The number of carbonyl (C=O) groups excluding carboxylic acids is 3. The Morgan fingerprint density at radius 3 is 2.12 bits per heavy atom. The molecule has 3 atom stereocenters. The van der Waals surface area contributed by atoms with Crippen LogP contribution in [-0.2, 0) is 29.9 Å². The van der Waals surface area contributed by atoms with Gasteiger partial charge in [0.1, 0.15) is 40.5 Å². The van der Waals surface area contributed by atoms with E-state index in [9.17, 15) is 45.1 Å². The maximum atomic E-state index is 15.3. The first-order chi connectivity index (χ1) is 27.3. The Morgan fingerprint density at radius 2 is 1.50 bits per heavy atom. The van der Waals surface area contributed by atoms with Gasteiger partial charge in [-0.15, -0.1) is 11.3 Å². The van der Waals surface area contributed by atoms with E-state index in [1.54, 1.807) is 0 Å². The van der Waals surface area contributed by atoms with Crippen molar-refractivity contribution in [2.24, 2.45) is 17.4 Å². The molecular weight excluding hydrogens is 806 g/mol. The molecular formula is C38H24F9N7O3S. The summed E-state index contributed by atoms with van der Waals surface area (Å²) in [5.74, 6) is -13.5. The van der Waals surface area contributed by atoms with Gasteiger partial charge in [-0.2, -0.15) is 27.1 Å². The first kappa shape index (κ1) is 38.6. The molecule has 0 bridgehead atoms. The summed E-state index contributed by atoms with van der Waals surface area (Å²) in [6.45, 7) is -1.14. The number of thiazole rings is 1. The van der Waals surface area contributed by atoms with Crippen molar-refractivity contribution in [1.29, 1.82) is 0 Å². The second-order valence-corrected chi connectivity index (χ2v) is 14.9. The molecule has 0 radical (unpaired) electrons. The third kappa shape index (κ3) is 6.79. The lowest BCUT2D eigenvalue weighted by molar-refractivity contribution is -0.142. The van der Waals surface area contributed by atoms with Crippen LogP contribution in [0.3, 0.4) is 0 Å². The molecule has 1 fully saturated rings. The number of nitrogens with one attached hydrogen (secondary N) is 1. The number of hydrogen-bond donors (Lipinski definition) is 3. The second kappa shape index (κ2) is 13.7. The van der Waals surface area contributed by atoms with E-state index < -0.39 is 112 Å². The van der Waals surface area contributed by atoms with Crippen molar-refractivity contribution in [3.63, 3.8) is 0 Å². The topological polar surface area (TPSA) is 159 Å². The Hall–Kier alpha value is -6.31. The minimum absolute atomic E-state index is 0.0378. The molecule has 298 valence electrons. The van der Waals surface area contributed by atoms with Crippen molar-refractivity contribution in [3.8, 4) is 21.7 Å². The lowest BCUT2D eigenvalue weighted by atomic mass is 9.94. The van der Waals surface area contributed by atoms with Crippen molar-refractivity contribution < 1.29 is 53.9 Å². The van der Waals surface area contributed by atoms with Gasteiger partial charge in [0, 0.05) is 28.7 Å². The number of halogens is 9. The molecule has 0 saturated heterocycles. The lowest BCUT2D eigenvalue weighted by Gasteiger charge is -2.23. The van der Waals surface area contributed by atoms with Gasteiger partial charge in [-0.3, -0.25) is 19.1 Å². The molecule has 3 aromatic heterocycles. The molecule has 58 heavy (non-hydrogen) atoms. The fourth-order valence-corrected chi connectivity index (χ4v) is 8.32. The van der Waals surface area contributed by atoms with Crippen LogP contribution in [0.2, 0.25) is 0 Å². The maximum Gasteiger partial charge on any atom is 0.435 e. The number of nitrogens with two attached hydrogens (primary N) is 2. The quantitative estimate of drug-likeness (QED) is 0.123. The normalized spacial score (nSPS) is 17.2. The number of nitrogens with zero attached hydrogens (tertiary/aromatic N) is 4. The molecule has 6 aromatic rings. The molecule has 0 aliphatic heterocycles. The van der Waals surface area contributed by atoms with Gasteiger partial charge in [0.25, 0.3) is 17.7 Å². The van der Waals surface area contributed by atoms with Gasteiger partial charge in [0.05, 0.1) is 27.6 Å². The van der Waals surface area contributed by atoms with Gasteiger partial charge in [0.15, 0.2) is 11.3 Å². The molecule has 8 rings (SSSR count). The Kier molecular flexibility index (Phi) is 9.09. The van der Waals surface area contributed by atoms with Crippen LogP contribution in [0.25, 0.3) is 32.0 Å². The largest absolute Gasteiger partial charge is 0.435 e. The van der Waals surface area contributed by atoms with E-state index in [-0.39, 0.29) is 45.0 Å². The summed E-state index contributed by atoms with van der Waals surface area (Å²) >= 11 is 0.987. The fourth-order valence-electron chi connectivity index (χ4n) is 7.38. The first-order valence-corrected chi connectivity index (χ1v) is 17.9. The van der Waals surface area contributed by atoms with Crippen molar-refractivity contribution in [2.45, 2.75) is 43.4 Å². The zero-order valence-corrected chi connectivity index (χ0v) is 29.9. The highest BCUT2D eigenvalue weighted by Gasteiger charge is 2.68. The SMILES string of the molecule is NC(=O)c1cc(-c2nc3nc(C(Cc4cc(F)cc(F)c4)NC(=O)Cn4nc(C(F)(F)F)c5c4C(F)(F)C4C[C@H]54)c(-c4ccc(F)c(C(N)=O)c4)cc3s2)ccc1F. The third-order valence-electron chi connectivity index (χ3n) is 9.95. The van der Waals surface area contributed by atoms with Gasteiger partial charge in [-0.25, -0.2) is 27.5 Å². The number of amides is 3. The third-order valence-corrected chi connectivity index (χ3v) is 11.0. The minimum atomic E-state index is -5.11. The highest BCUT2D eigenvalue weighted by atomic mass is 32.1. The smallest absolute Gasteiger partial charge is 0.366 e. The molecule has 5 N–H and O–H groups in total. The summed E-state index contributed by atoms with van der Waals surface area (Å²) in [6, 6.07) is 9.10. The Balaban J connectivity index is 1.27. The van der Waals surface area contributed by atoms with Gasteiger partial charge < -0.3 is 16.8 Å². The van der Waals surface area contributed by atoms with Gasteiger partial charge in [-0.1, -0.05) is 6.07 Å². The van der Waals surface area contributed by atoms with Crippen LogP contribution in [-0.4, -0.2) is 37.5 Å². The van der Waals surface area contributed by atoms with Crippen LogP contribution < -0.4 is 16.8 Å². The van der Waals surface area contributed by atoms with Gasteiger partial charge in [-0.05, 0) is 78.4 Å². The molecule has 0 spiro atoms. The molecule has 3 heterocycles. The number of hydrogen-bond acceptors (Lipinski definition) is 7. The number of carbonyl (C=O) groups is 3. The average molecular weight is 830 g/mol. The zero-order chi connectivity index (χ0) is 41.6. The van der Waals surface area contributed by atoms with E-state index in [4.69, 9.17) is 11.5 Å². The lowest BCUT2D eigenvalue weighted by Crippen LogP contribution is -2.35. The number of primary amides is 2. The standard InChI is InChI=1S/C38H24F9N7O3S/c39-17-5-14(6-18(40)10-17)7-26(50-28(55)13-54-32-29(31(53-54)38(45,46)47)20-11-23(20)37(32,43)44)30-19(15-1-3-24(41)21(8-15)33(48)56)12-27-35(51-30)52-36(58-27)16-2-4-25(42)22(9-16)34(49)57/h1-6,8-10,12,20,23,26H,7,11,13H2,(H2,48,56)(H2,49,57)(H,50,55)/t20-,23?,26?/m0/s1. The molecule has 3 amide bonds. The van der Waals surface area contributed by atoms with E-state index in [1.165, 1.54) is 18.2 Å². The average Bonchev–Trinajstić information content (AvgIpc) is 3.59. The van der Waals surface area contributed by atoms with Crippen molar-refractivity contribution in [2.75, 3.05) is 0 Å². The summed E-state index contributed by atoms with van der Waals surface area (Å²) in [5, 5.41) is 6.11. The summed E-state index contributed by atoms with van der Waals surface area (Å²) in [7, 11) is 0. The molecule has 2 aliphatic carbocycles. The number of alkyl halides is 5. The fraction of sp³-hybridized carbons (Fsp3) is 0.211. The van der Waals surface area contributed by atoms with E-state index in [0.29, 0.717) is 15.4 Å². The molecule has 2 aliphatic rings. The Labute approximate surface area is 323 Å². The van der Waals surface area contributed by atoms with Gasteiger partial charge in [0.2, 0.25) is 5.91 Å². The van der Waals surface area contributed by atoms with Crippen molar-refractivity contribution in [1.82, 2.24) is 25.1 Å². The van der Waals surface area contributed by atoms with Crippen LogP contribution in [0.1, 0.15) is 67.3 Å². The number of aromatic nitrogens is 4. The number of pyridine rings is 1. The monoisotopic (exact) mass is 829 g/mol. The highest BCUT2D eigenvalue weighted by molar-refractivity contribution is 7.21. The first-order valence-electron chi connectivity index (χ1n) is 17.1. The van der Waals surface area contributed by atoms with E-state index >= 15 is 8.78 Å². The summed E-state index contributed by atoms with van der Waals surface area (Å²) in [4.78, 5) is 47.0. The minimum Gasteiger partial charge on any atom is -0.366 e. The maximum absolute atomic E-state index is 15.3. The number of fused-ring (bicyclic) bond motifs is 4. The molecule has 20 heteroatoms. The predicted molar refractivity (Wildman–Crippen MR) is 188 cm³/mol. The molecule has 1 saturated carbocycles. The summed E-state index contributed by atoms with van der Waals surface area (Å²) < 4.78 is 131. The molecule has 2 unspecified atom stereocenters. The van der Waals surface area contributed by atoms with E-state index in [1.807, 2.05) is 0 Å². The summed E-state index contributed by atoms with van der Waals surface area (Å²) in [5.41, 5.74) is 6.60. The number of rotatable bonds is 10. The number of benzene rings is 3. The van der Waals surface area contributed by atoms with Crippen LogP contribution in [0, 0.1) is 29.2 Å². The van der Waals surface area contributed by atoms with E-state index in [2.05, 4.69) is 20.4 Å². The predicted octanol–water partition coefficient (Wildman–Crippen LogP) is 7.30. The van der Waals surface area contributed by atoms with E-state index in [0.717, 1.165) is 47.7 Å². The van der Waals surface area contributed by atoms with Crippen LogP contribution in [0.4, 0.5) is 39.5 Å². The molecule has 3 aromatic carbocycles. The van der Waals surface area contributed by atoms with Gasteiger partial charge >= 0.3 is 6.18 Å².